The SMILES string of the molecule is Cc1nc(CC(=O)Cc2ccc(O)cc2)cs1. The Morgan fingerprint density at radius 1 is 1.29 bits per heavy atom. The third-order valence-corrected chi connectivity index (χ3v) is 3.20. The van der Waals surface area contributed by atoms with Gasteiger partial charge in [-0.25, -0.2) is 4.98 Å². The van der Waals surface area contributed by atoms with Crippen LogP contribution in [0.5, 0.6) is 5.75 Å². The zero-order valence-corrected chi connectivity index (χ0v) is 10.3. The number of aryl methyl sites for hydroxylation is 1. The number of nitrogens with zero attached hydrogens (tertiary/aromatic N) is 1. The Morgan fingerprint density at radius 3 is 2.59 bits per heavy atom. The molecule has 0 saturated heterocycles. The van der Waals surface area contributed by atoms with Crippen molar-refractivity contribution in [3.05, 3.63) is 45.9 Å². The molecular formula is C13H13NO2S. The summed E-state index contributed by atoms with van der Waals surface area (Å²) in [4.78, 5) is 16.0. The maximum Gasteiger partial charge on any atom is 0.143 e. The summed E-state index contributed by atoms with van der Waals surface area (Å²) in [5.74, 6) is 0.359. The molecule has 0 unspecified atom stereocenters. The van der Waals surface area contributed by atoms with E-state index in [0.717, 1.165) is 16.3 Å². The molecule has 4 heteroatoms. The third-order valence-electron chi connectivity index (χ3n) is 2.38. The van der Waals surface area contributed by atoms with E-state index in [1.54, 1.807) is 35.6 Å². The van der Waals surface area contributed by atoms with Gasteiger partial charge in [-0.05, 0) is 24.6 Å². The first-order valence-corrected chi connectivity index (χ1v) is 6.22. The van der Waals surface area contributed by atoms with Crippen LogP contribution in [0.3, 0.4) is 0 Å². The minimum Gasteiger partial charge on any atom is -0.508 e. The van der Waals surface area contributed by atoms with Crippen LogP contribution in [0, 0.1) is 6.92 Å². The van der Waals surface area contributed by atoms with Gasteiger partial charge in [-0.2, -0.15) is 0 Å². The molecule has 0 saturated carbocycles. The van der Waals surface area contributed by atoms with Gasteiger partial charge in [-0.15, -0.1) is 11.3 Å². The topological polar surface area (TPSA) is 50.2 Å². The van der Waals surface area contributed by atoms with Crippen molar-refractivity contribution in [2.45, 2.75) is 19.8 Å². The van der Waals surface area contributed by atoms with Gasteiger partial charge >= 0.3 is 0 Å². The van der Waals surface area contributed by atoms with Crippen LogP contribution in [0.15, 0.2) is 29.6 Å². The Labute approximate surface area is 104 Å². The molecule has 2 rings (SSSR count). The van der Waals surface area contributed by atoms with Crippen molar-refractivity contribution in [3.63, 3.8) is 0 Å². The van der Waals surface area contributed by atoms with Gasteiger partial charge in [-0.1, -0.05) is 12.1 Å². The zero-order chi connectivity index (χ0) is 12.3. The quantitative estimate of drug-likeness (QED) is 0.903. The summed E-state index contributed by atoms with van der Waals surface area (Å²) in [6.45, 7) is 1.93. The molecule has 3 nitrogen and oxygen atoms in total. The number of aromatic nitrogens is 1. The molecule has 1 N–H and O–H groups in total. The average Bonchev–Trinajstić information content (AvgIpc) is 2.67. The summed E-state index contributed by atoms with van der Waals surface area (Å²) in [6, 6.07) is 6.71. The zero-order valence-electron chi connectivity index (χ0n) is 9.51. The minimum atomic E-state index is 0.140. The average molecular weight is 247 g/mol. The van der Waals surface area contributed by atoms with Crippen molar-refractivity contribution >= 4 is 17.1 Å². The van der Waals surface area contributed by atoms with Gasteiger partial charge < -0.3 is 5.11 Å². The van der Waals surface area contributed by atoms with E-state index in [2.05, 4.69) is 4.98 Å². The Balaban J connectivity index is 1.95. The number of phenolic OH excluding ortho intramolecular Hbond substituents is 1. The largest absolute Gasteiger partial charge is 0.508 e. The molecule has 2 aromatic rings. The monoisotopic (exact) mass is 247 g/mol. The number of thiazole rings is 1. The molecule has 0 aliphatic rings. The highest BCUT2D eigenvalue weighted by atomic mass is 32.1. The summed E-state index contributed by atoms with van der Waals surface area (Å²) >= 11 is 1.56. The maximum atomic E-state index is 11.8. The number of benzene rings is 1. The first-order chi connectivity index (χ1) is 8.13. The van der Waals surface area contributed by atoms with Crippen LogP contribution in [0.2, 0.25) is 0 Å². The van der Waals surface area contributed by atoms with Crippen molar-refractivity contribution in [1.29, 1.82) is 0 Å². The molecular weight excluding hydrogens is 234 g/mol. The maximum absolute atomic E-state index is 11.8. The lowest BCUT2D eigenvalue weighted by Gasteiger charge is -2.00. The van der Waals surface area contributed by atoms with Crippen molar-refractivity contribution in [2.75, 3.05) is 0 Å². The Bertz CT molecular complexity index is 516. The summed E-state index contributed by atoms with van der Waals surface area (Å²) in [5.41, 5.74) is 1.76. The van der Waals surface area contributed by atoms with E-state index >= 15 is 0 Å². The Kier molecular flexibility index (Phi) is 3.54. The second kappa shape index (κ2) is 5.10. The number of rotatable bonds is 4. The highest BCUT2D eigenvalue weighted by molar-refractivity contribution is 7.09. The van der Waals surface area contributed by atoms with Crippen LogP contribution in [0.25, 0.3) is 0 Å². The van der Waals surface area contributed by atoms with Crippen LogP contribution in [0.4, 0.5) is 0 Å². The molecule has 0 aliphatic carbocycles. The van der Waals surface area contributed by atoms with E-state index in [1.807, 2.05) is 12.3 Å². The second-order valence-corrected chi connectivity index (χ2v) is 4.98. The predicted octanol–water partition coefficient (Wildman–Crippen LogP) is 2.51. The van der Waals surface area contributed by atoms with Crippen LogP contribution in [0.1, 0.15) is 16.3 Å². The van der Waals surface area contributed by atoms with Gasteiger partial charge in [-0.3, -0.25) is 4.79 Å². The lowest BCUT2D eigenvalue weighted by molar-refractivity contribution is -0.117. The summed E-state index contributed by atoms with van der Waals surface area (Å²) in [7, 11) is 0. The lowest BCUT2D eigenvalue weighted by Crippen LogP contribution is -2.06. The number of carbonyl (C=O) groups excluding carboxylic acids is 1. The molecule has 1 heterocycles. The highest BCUT2D eigenvalue weighted by Crippen LogP contribution is 2.12. The number of aromatic hydroxyl groups is 1. The summed E-state index contributed by atoms with van der Waals surface area (Å²) < 4.78 is 0. The molecule has 0 fully saturated rings. The van der Waals surface area contributed by atoms with Gasteiger partial charge in [0.15, 0.2) is 0 Å². The van der Waals surface area contributed by atoms with Crippen LogP contribution < -0.4 is 0 Å². The first-order valence-electron chi connectivity index (χ1n) is 5.34. The minimum absolute atomic E-state index is 0.140. The summed E-state index contributed by atoms with van der Waals surface area (Å²) in [5, 5.41) is 12.0. The van der Waals surface area contributed by atoms with Crippen molar-refractivity contribution < 1.29 is 9.90 Å². The Morgan fingerprint density at radius 2 is 2.00 bits per heavy atom. The number of hydrogen-bond donors (Lipinski definition) is 1. The fourth-order valence-electron chi connectivity index (χ4n) is 1.60. The van der Waals surface area contributed by atoms with E-state index in [4.69, 9.17) is 5.11 Å². The lowest BCUT2D eigenvalue weighted by atomic mass is 10.1. The Hall–Kier alpha value is -1.68. The van der Waals surface area contributed by atoms with Crippen molar-refractivity contribution in [2.24, 2.45) is 0 Å². The fourth-order valence-corrected chi connectivity index (χ4v) is 2.21. The third kappa shape index (κ3) is 3.39. The second-order valence-electron chi connectivity index (χ2n) is 3.92. The van der Waals surface area contributed by atoms with Gasteiger partial charge in [0.2, 0.25) is 0 Å². The molecule has 88 valence electrons. The number of hydrogen-bond acceptors (Lipinski definition) is 4. The van der Waals surface area contributed by atoms with E-state index in [1.165, 1.54) is 0 Å². The van der Waals surface area contributed by atoms with Gasteiger partial charge in [0.05, 0.1) is 10.7 Å². The van der Waals surface area contributed by atoms with E-state index < -0.39 is 0 Å². The normalized spacial score (nSPS) is 10.4. The van der Waals surface area contributed by atoms with Crippen LogP contribution >= 0.6 is 11.3 Å². The molecule has 0 atom stereocenters. The van der Waals surface area contributed by atoms with E-state index in [0.29, 0.717) is 12.8 Å². The van der Waals surface area contributed by atoms with Crippen molar-refractivity contribution in [1.82, 2.24) is 4.98 Å². The smallest absolute Gasteiger partial charge is 0.143 e. The first kappa shape index (κ1) is 11.8. The molecule has 1 aromatic heterocycles. The van der Waals surface area contributed by atoms with E-state index in [9.17, 15) is 4.79 Å². The molecule has 1 aromatic carbocycles. The fraction of sp³-hybridized carbons (Fsp3) is 0.231. The molecule has 17 heavy (non-hydrogen) atoms. The number of Topliss-reactive ketones (excluding diaryl/α,β-unsaturated/α-hetero) is 1. The molecule has 0 amide bonds. The van der Waals surface area contributed by atoms with E-state index in [-0.39, 0.29) is 11.5 Å². The van der Waals surface area contributed by atoms with Gasteiger partial charge in [0, 0.05) is 18.2 Å². The van der Waals surface area contributed by atoms with Gasteiger partial charge in [0.25, 0.3) is 0 Å². The predicted molar refractivity (Wildman–Crippen MR) is 67.4 cm³/mol. The number of ketones is 1. The standard InChI is InChI=1S/C13H13NO2S/c1-9-14-11(8-17-9)7-13(16)6-10-2-4-12(15)5-3-10/h2-5,8,15H,6-7H2,1H3. The molecule has 0 spiro atoms. The highest BCUT2D eigenvalue weighted by Gasteiger charge is 2.07. The number of carbonyl (C=O) groups is 1. The molecule has 0 aliphatic heterocycles. The van der Waals surface area contributed by atoms with Gasteiger partial charge in [0.1, 0.15) is 11.5 Å². The molecule has 0 bridgehead atoms. The van der Waals surface area contributed by atoms with Crippen LogP contribution in [-0.4, -0.2) is 15.9 Å². The molecule has 0 radical (unpaired) electrons. The van der Waals surface area contributed by atoms with Crippen LogP contribution in [-0.2, 0) is 17.6 Å². The summed E-state index contributed by atoms with van der Waals surface area (Å²) in [6.07, 6.45) is 0.766. The van der Waals surface area contributed by atoms with Crippen molar-refractivity contribution in [3.8, 4) is 5.75 Å². The number of phenols is 1.